The van der Waals surface area contributed by atoms with Crippen LogP contribution < -0.4 is 4.74 Å². The quantitative estimate of drug-likeness (QED) is 0.280. The van der Waals surface area contributed by atoms with Gasteiger partial charge in [-0.1, -0.05) is 62.7 Å². The van der Waals surface area contributed by atoms with Crippen LogP contribution in [-0.2, 0) is 17.9 Å². The van der Waals surface area contributed by atoms with Crippen molar-refractivity contribution in [2.75, 3.05) is 0 Å². The molecular weight excluding hydrogens is 394 g/mol. The molecule has 1 saturated heterocycles. The molecule has 0 amide bonds. The van der Waals surface area contributed by atoms with Crippen molar-refractivity contribution in [2.45, 2.75) is 96.7 Å². The number of hydroxylamine groups is 2. The Balaban J connectivity index is 1.58. The molecular formula is C29H41NO2. The van der Waals surface area contributed by atoms with Crippen LogP contribution in [0.2, 0.25) is 0 Å². The molecule has 3 rings (SSSR count). The van der Waals surface area contributed by atoms with Crippen LogP contribution in [0.25, 0.3) is 0 Å². The van der Waals surface area contributed by atoms with Crippen LogP contribution in [0.4, 0.5) is 0 Å². The van der Waals surface area contributed by atoms with Crippen molar-refractivity contribution < 1.29 is 9.57 Å². The topological polar surface area (TPSA) is 21.7 Å². The number of hydrogen-bond acceptors (Lipinski definition) is 3. The van der Waals surface area contributed by atoms with E-state index < -0.39 is 0 Å². The number of ether oxygens (including phenoxy) is 1. The van der Waals surface area contributed by atoms with Gasteiger partial charge >= 0.3 is 0 Å². The summed E-state index contributed by atoms with van der Waals surface area (Å²) < 4.78 is 6.06. The third kappa shape index (κ3) is 6.16. The summed E-state index contributed by atoms with van der Waals surface area (Å²) >= 11 is 0. The molecule has 0 saturated carbocycles. The van der Waals surface area contributed by atoms with Gasteiger partial charge in [0.1, 0.15) is 18.6 Å². The fourth-order valence-corrected chi connectivity index (χ4v) is 5.24. The number of benzene rings is 2. The highest BCUT2D eigenvalue weighted by molar-refractivity contribution is 5.31. The van der Waals surface area contributed by atoms with Crippen LogP contribution in [0.5, 0.6) is 5.75 Å². The Morgan fingerprint density at radius 2 is 1.50 bits per heavy atom. The zero-order valence-electron chi connectivity index (χ0n) is 20.7. The van der Waals surface area contributed by atoms with Crippen LogP contribution in [0.3, 0.4) is 0 Å². The van der Waals surface area contributed by atoms with Gasteiger partial charge in [-0.3, -0.25) is 0 Å². The second-order valence-electron chi connectivity index (χ2n) is 10.4. The van der Waals surface area contributed by atoms with E-state index in [-0.39, 0.29) is 11.1 Å². The number of aryl methyl sites for hydroxylation is 1. The third-order valence-corrected chi connectivity index (χ3v) is 6.62. The Kier molecular flexibility index (Phi) is 8.05. The molecule has 0 bridgehead atoms. The van der Waals surface area contributed by atoms with Crippen molar-refractivity contribution in [3.05, 3.63) is 78.1 Å². The zero-order valence-corrected chi connectivity index (χ0v) is 20.7. The predicted octanol–water partition coefficient (Wildman–Crippen LogP) is 7.81. The highest BCUT2D eigenvalue weighted by Crippen LogP contribution is 2.46. The second kappa shape index (κ2) is 10.6. The summed E-state index contributed by atoms with van der Waals surface area (Å²) in [5, 5.41) is 2.11. The van der Waals surface area contributed by atoms with Gasteiger partial charge in [-0.2, -0.15) is 0 Å². The largest absolute Gasteiger partial charge is 0.489 e. The predicted molar refractivity (Wildman–Crippen MR) is 134 cm³/mol. The number of hydrogen-bond donors (Lipinski definition) is 0. The Labute approximate surface area is 195 Å². The van der Waals surface area contributed by atoms with Gasteiger partial charge in [0.25, 0.3) is 0 Å². The lowest BCUT2D eigenvalue weighted by Crippen LogP contribution is -2.59. The minimum Gasteiger partial charge on any atom is -0.489 e. The first kappa shape index (κ1) is 24.4. The normalized spacial score (nSPS) is 18.3. The summed E-state index contributed by atoms with van der Waals surface area (Å²) in [6.45, 7) is 15.6. The average Bonchev–Trinajstić information content (AvgIpc) is 2.76. The fraction of sp³-hybridized carbons (Fsp3) is 0.517. The molecule has 174 valence electrons. The summed E-state index contributed by atoms with van der Waals surface area (Å²) in [5.41, 5.74) is 3.86. The fourth-order valence-electron chi connectivity index (χ4n) is 5.24. The smallest absolute Gasteiger partial charge is 0.119 e. The third-order valence-electron chi connectivity index (χ3n) is 6.62. The number of nitrogens with zero attached hydrogens (tertiary/aromatic N) is 1. The molecule has 1 fully saturated rings. The molecule has 0 aliphatic carbocycles. The Morgan fingerprint density at radius 3 is 2.06 bits per heavy atom. The molecule has 0 spiro atoms. The molecule has 3 heteroatoms. The summed E-state index contributed by atoms with van der Waals surface area (Å²) in [4.78, 5) is 5.80. The standard InChI is InChI=1S/C29H41NO2/c1-7-9-10-11-23-12-14-24(15-13-23)22-31-27-18-16-25(17-19-27)26-20-28(3,4)30(32-8-2)29(5,6)21-26/h8,12-19,26H,2,7,9-11,20-22H2,1,3-6H3. The zero-order chi connectivity index (χ0) is 23.2. The van der Waals surface area contributed by atoms with Gasteiger partial charge in [0.05, 0.1) is 11.1 Å². The molecule has 32 heavy (non-hydrogen) atoms. The Hall–Kier alpha value is -2.26. The summed E-state index contributed by atoms with van der Waals surface area (Å²) in [7, 11) is 0. The highest BCUT2D eigenvalue weighted by atomic mass is 16.7. The Bertz CT molecular complexity index is 834. The number of piperidine rings is 1. The van der Waals surface area contributed by atoms with E-state index in [9.17, 15) is 0 Å². The molecule has 1 aliphatic heterocycles. The molecule has 0 atom stereocenters. The first-order valence-electron chi connectivity index (χ1n) is 12.1. The number of unbranched alkanes of at least 4 members (excludes halogenated alkanes) is 2. The van der Waals surface area contributed by atoms with Crippen LogP contribution in [0.1, 0.15) is 89.3 Å². The van der Waals surface area contributed by atoms with Crippen LogP contribution in [0.15, 0.2) is 61.4 Å². The highest BCUT2D eigenvalue weighted by Gasteiger charge is 2.47. The van der Waals surface area contributed by atoms with Crippen LogP contribution in [-0.4, -0.2) is 16.1 Å². The van der Waals surface area contributed by atoms with E-state index in [1.807, 2.05) is 0 Å². The second-order valence-corrected chi connectivity index (χ2v) is 10.4. The van der Waals surface area contributed by atoms with Gasteiger partial charge in [0.15, 0.2) is 0 Å². The van der Waals surface area contributed by atoms with E-state index >= 15 is 0 Å². The number of rotatable bonds is 10. The average molecular weight is 436 g/mol. The van der Waals surface area contributed by atoms with E-state index in [2.05, 4.69) is 94.8 Å². The van der Waals surface area contributed by atoms with Gasteiger partial charge in [-0.05, 0) is 88.1 Å². The van der Waals surface area contributed by atoms with Crippen molar-refractivity contribution in [2.24, 2.45) is 0 Å². The van der Waals surface area contributed by atoms with Crippen molar-refractivity contribution in [3.63, 3.8) is 0 Å². The van der Waals surface area contributed by atoms with E-state index in [1.54, 1.807) is 0 Å². The maximum absolute atomic E-state index is 6.06. The van der Waals surface area contributed by atoms with Gasteiger partial charge in [-0.15, -0.1) is 5.06 Å². The van der Waals surface area contributed by atoms with Gasteiger partial charge in [-0.25, -0.2) is 0 Å². The molecule has 3 nitrogen and oxygen atoms in total. The molecule has 0 aromatic heterocycles. The summed E-state index contributed by atoms with van der Waals surface area (Å²) in [6.07, 6.45) is 8.62. The molecule has 1 heterocycles. The SMILES string of the molecule is C=CON1C(C)(C)CC(c2ccc(OCc3ccc(CCCCC)cc3)cc2)CC1(C)C. The molecule has 1 aliphatic rings. The molecule has 2 aromatic rings. The maximum atomic E-state index is 6.06. The minimum atomic E-state index is -0.0710. The van der Waals surface area contributed by atoms with E-state index in [1.165, 1.54) is 48.6 Å². The lowest BCUT2D eigenvalue weighted by atomic mass is 9.73. The van der Waals surface area contributed by atoms with Gasteiger partial charge in [0, 0.05) is 0 Å². The molecule has 0 radical (unpaired) electrons. The van der Waals surface area contributed by atoms with Crippen LogP contribution in [0, 0.1) is 0 Å². The molecule has 2 aromatic carbocycles. The van der Waals surface area contributed by atoms with E-state index in [0.29, 0.717) is 12.5 Å². The van der Waals surface area contributed by atoms with Crippen molar-refractivity contribution in [1.29, 1.82) is 0 Å². The lowest BCUT2D eigenvalue weighted by Gasteiger charge is -2.53. The Morgan fingerprint density at radius 1 is 0.906 bits per heavy atom. The van der Waals surface area contributed by atoms with Crippen molar-refractivity contribution in [1.82, 2.24) is 5.06 Å². The summed E-state index contributed by atoms with van der Waals surface area (Å²) in [6, 6.07) is 17.5. The first-order chi connectivity index (χ1) is 15.2. The maximum Gasteiger partial charge on any atom is 0.119 e. The van der Waals surface area contributed by atoms with Gasteiger partial charge < -0.3 is 9.57 Å². The van der Waals surface area contributed by atoms with Crippen LogP contribution >= 0.6 is 0 Å². The van der Waals surface area contributed by atoms with E-state index in [0.717, 1.165) is 18.6 Å². The first-order valence-corrected chi connectivity index (χ1v) is 12.1. The minimum absolute atomic E-state index is 0.0710. The van der Waals surface area contributed by atoms with Crippen molar-refractivity contribution in [3.8, 4) is 5.75 Å². The van der Waals surface area contributed by atoms with Gasteiger partial charge in [0.2, 0.25) is 0 Å². The van der Waals surface area contributed by atoms with Crippen molar-refractivity contribution >= 4 is 0 Å². The molecule has 0 unspecified atom stereocenters. The lowest BCUT2D eigenvalue weighted by molar-refractivity contribution is -0.249. The van der Waals surface area contributed by atoms with E-state index in [4.69, 9.17) is 9.57 Å². The monoisotopic (exact) mass is 435 g/mol. The molecule has 0 N–H and O–H groups in total. The summed E-state index contributed by atoms with van der Waals surface area (Å²) in [5.74, 6) is 1.41.